The summed E-state index contributed by atoms with van der Waals surface area (Å²) >= 11 is 5.88. The fourth-order valence-corrected chi connectivity index (χ4v) is 1.51. The molecule has 2 nitrogen and oxygen atoms in total. The fraction of sp³-hybridized carbons (Fsp3) is 0. The Bertz CT molecular complexity index is 540. The summed E-state index contributed by atoms with van der Waals surface area (Å²) in [4.78, 5) is 0. The van der Waals surface area contributed by atoms with E-state index in [2.05, 4.69) is 0 Å². The highest BCUT2D eigenvalue weighted by atomic mass is 35.5. The molecule has 0 saturated heterocycles. The molecule has 2 aromatic rings. The van der Waals surface area contributed by atoms with Gasteiger partial charge in [0.1, 0.15) is 5.75 Å². The predicted molar refractivity (Wildman–Crippen MR) is 62.3 cm³/mol. The summed E-state index contributed by atoms with van der Waals surface area (Å²) in [5.74, 6) is -1.58. The van der Waals surface area contributed by atoms with Gasteiger partial charge in [0, 0.05) is 6.07 Å². The molecule has 2 aromatic carbocycles. The average Bonchev–Trinajstić information content (AvgIpc) is 2.28. The number of halogens is 3. The smallest absolute Gasteiger partial charge is 0.168 e. The van der Waals surface area contributed by atoms with Crippen molar-refractivity contribution in [2.45, 2.75) is 0 Å². The first-order valence-electron chi connectivity index (χ1n) is 4.75. The lowest BCUT2D eigenvalue weighted by Gasteiger charge is -2.10. The molecule has 0 aliphatic heterocycles. The van der Waals surface area contributed by atoms with Gasteiger partial charge < -0.3 is 10.5 Å². The van der Waals surface area contributed by atoms with Gasteiger partial charge in [-0.1, -0.05) is 17.7 Å². The fourth-order valence-electron chi connectivity index (χ4n) is 1.29. The SMILES string of the molecule is Nc1cccc(Cl)c1Oc1ccc(F)c(F)c1. The van der Waals surface area contributed by atoms with Crippen molar-refractivity contribution in [1.29, 1.82) is 0 Å². The number of anilines is 1. The standard InChI is InChI=1S/C12H8ClF2NO/c13-8-2-1-3-11(16)12(8)17-7-4-5-9(14)10(15)6-7/h1-6H,16H2. The Labute approximate surface area is 102 Å². The lowest BCUT2D eigenvalue weighted by molar-refractivity contribution is 0.463. The molecule has 0 radical (unpaired) electrons. The minimum atomic E-state index is -0.992. The zero-order chi connectivity index (χ0) is 12.4. The molecule has 0 amide bonds. The van der Waals surface area contributed by atoms with Crippen LogP contribution >= 0.6 is 11.6 Å². The van der Waals surface area contributed by atoms with Gasteiger partial charge in [0.05, 0.1) is 10.7 Å². The number of benzene rings is 2. The molecule has 0 aliphatic rings. The van der Waals surface area contributed by atoms with E-state index in [1.165, 1.54) is 6.07 Å². The summed E-state index contributed by atoms with van der Waals surface area (Å²) in [6.45, 7) is 0. The van der Waals surface area contributed by atoms with Crippen LogP contribution in [0.5, 0.6) is 11.5 Å². The Morgan fingerprint density at radius 3 is 2.47 bits per heavy atom. The van der Waals surface area contributed by atoms with Gasteiger partial charge in [-0.2, -0.15) is 0 Å². The number of ether oxygens (including phenoxy) is 1. The maximum atomic E-state index is 13.0. The number of rotatable bonds is 2. The number of para-hydroxylation sites is 1. The van der Waals surface area contributed by atoms with Crippen LogP contribution in [0.1, 0.15) is 0 Å². The second kappa shape index (κ2) is 4.59. The van der Waals surface area contributed by atoms with E-state index in [4.69, 9.17) is 22.1 Å². The number of nitrogens with two attached hydrogens (primary N) is 1. The van der Waals surface area contributed by atoms with Crippen molar-refractivity contribution < 1.29 is 13.5 Å². The summed E-state index contributed by atoms with van der Waals surface area (Å²) in [6.07, 6.45) is 0. The van der Waals surface area contributed by atoms with Crippen LogP contribution in [0.2, 0.25) is 5.02 Å². The summed E-state index contributed by atoms with van der Waals surface area (Å²) in [5.41, 5.74) is 5.98. The number of hydrogen-bond donors (Lipinski definition) is 1. The Kier molecular flexibility index (Phi) is 3.15. The molecule has 0 spiro atoms. The first-order chi connectivity index (χ1) is 8.08. The van der Waals surface area contributed by atoms with Crippen LogP contribution in [-0.4, -0.2) is 0 Å². The highest BCUT2D eigenvalue weighted by molar-refractivity contribution is 6.32. The maximum absolute atomic E-state index is 13.0. The molecule has 0 aromatic heterocycles. The monoisotopic (exact) mass is 255 g/mol. The predicted octanol–water partition coefficient (Wildman–Crippen LogP) is 3.99. The second-order valence-electron chi connectivity index (χ2n) is 3.34. The summed E-state index contributed by atoms with van der Waals surface area (Å²) in [5, 5.41) is 0.301. The van der Waals surface area contributed by atoms with Gasteiger partial charge >= 0.3 is 0 Å². The van der Waals surface area contributed by atoms with Crippen LogP contribution in [0.3, 0.4) is 0 Å². The Morgan fingerprint density at radius 1 is 1.06 bits per heavy atom. The molecule has 2 rings (SSSR count). The molecule has 88 valence electrons. The van der Waals surface area contributed by atoms with Crippen LogP contribution in [0.4, 0.5) is 14.5 Å². The highest BCUT2D eigenvalue weighted by Gasteiger charge is 2.09. The lowest BCUT2D eigenvalue weighted by atomic mass is 10.3. The molecule has 5 heteroatoms. The van der Waals surface area contributed by atoms with Crippen molar-refractivity contribution in [3.8, 4) is 11.5 Å². The molecule has 0 aliphatic carbocycles. The van der Waals surface area contributed by atoms with E-state index < -0.39 is 11.6 Å². The summed E-state index contributed by atoms with van der Waals surface area (Å²) in [6, 6.07) is 8.04. The van der Waals surface area contributed by atoms with Crippen LogP contribution < -0.4 is 10.5 Å². The van der Waals surface area contributed by atoms with Crippen molar-refractivity contribution >= 4 is 17.3 Å². The average molecular weight is 256 g/mol. The number of nitrogen functional groups attached to an aromatic ring is 1. The van der Waals surface area contributed by atoms with E-state index in [9.17, 15) is 8.78 Å². The van der Waals surface area contributed by atoms with Gasteiger partial charge in [-0.25, -0.2) is 8.78 Å². The van der Waals surface area contributed by atoms with Gasteiger partial charge in [0.25, 0.3) is 0 Å². The minimum absolute atomic E-state index is 0.128. The van der Waals surface area contributed by atoms with E-state index in [1.807, 2.05) is 0 Å². The molecular weight excluding hydrogens is 248 g/mol. The normalized spacial score (nSPS) is 10.3. The zero-order valence-electron chi connectivity index (χ0n) is 8.58. The molecular formula is C12H8ClF2NO. The lowest BCUT2D eigenvalue weighted by Crippen LogP contribution is -1.93. The molecule has 2 N–H and O–H groups in total. The van der Waals surface area contributed by atoms with E-state index in [1.54, 1.807) is 18.2 Å². The Balaban J connectivity index is 2.35. The molecule has 0 bridgehead atoms. The summed E-state index contributed by atoms with van der Waals surface area (Å²) in [7, 11) is 0. The topological polar surface area (TPSA) is 35.2 Å². The zero-order valence-corrected chi connectivity index (χ0v) is 9.34. The molecule has 0 fully saturated rings. The molecule has 0 heterocycles. The molecule has 17 heavy (non-hydrogen) atoms. The quantitative estimate of drug-likeness (QED) is 0.824. The first-order valence-corrected chi connectivity index (χ1v) is 5.12. The maximum Gasteiger partial charge on any atom is 0.168 e. The van der Waals surface area contributed by atoms with E-state index in [0.29, 0.717) is 10.7 Å². The van der Waals surface area contributed by atoms with Crippen molar-refractivity contribution in [2.75, 3.05) is 5.73 Å². The Morgan fingerprint density at radius 2 is 1.82 bits per heavy atom. The molecule has 0 unspecified atom stereocenters. The molecule has 0 atom stereocenters. The second-order valence-corrected chi connectivity index (χ2v) is 3.74. The van der Waals surface area contributed by atoms with Crippen molar-refractivity contribution in [1.82, 2.24) is 0 Å². The van der Waals surface area contributed by atoms with Gasteiger partial charge in [0.15, 0.2) is 17.4 Å². The van der Waals surface area contributed by atoms with E-state index in [0.717, 1.165) is 12.1 Å². The largest absolute Gasteiger partial charge is 0.454 e. The third-order valence-corrected chi connectivity index (χ3v) is 2.41. The van der Waals surface area contributed by atoms with Crippen LogP contribution in [0, 0.1) is 11.6 Å². The Hall–Kier alpha value is -1.81. The van der Waals surface area contributed by atoms with E-state index >= 15 is 0 Å². The van der Waals surface area contributed by atoms with Gasteiger partial charge in [-0.05, 0) is 24.3 Å². The minimum Gasteiger partial charge on any atom is -0.454 e. The number of hydrogen-bond acceptors (Lipinski definition) is 2. The van der Waals surface area contributed by atoms with Gasteiger partial charge in [0.2, 0.25) is 0 Å². The van der Waals surface area contributed by atoms with Crippen LogP contribution in [0.25, 0.3) is 0 Å². The van der Waals surface area contributed by atoms with Crippen molar-refractivity contribution in [3.63, 3.8) is 0 Å². The van der Waals surface area contributed by atoms with Crippen LogP contribution in [0.15, 0.2) is 36.4 Å². The summed E-state index contributed by atoms with van der Waals surface area (Å²) < 4.78 is 31.0. The van der Waals surface area contributed by atoms with Crippen molar-refractivity contribution in [2.24, 2.45) is 0 Å². The first kappa shape index (κ1) is 11.7. The van der Waals surface area contributed by atoms with Crippen molar-refractivity contribution in [3.05, 3.63) is 53.1 Å². The molecule has 0 saturated carbocycles. The van der Waals surface area contributed by atoms with E-state index in [-0.39, 0.29) is 11.5 Å². The van der Waals surface area contributed by atoms with Gasteiger partial charge in [-0.15, -0.1) is 0 Å². The third-order valence-electron chi connectivity index (χ3n) is 2.11. The highest BCUT2D eigenvalue weighted by Crippen LogP contribution is 2.34. The van der Waals surface area contributed by atoms with Gasteiger partial charge in [-0.3, -0.25) is 0 Å². The van der Waals surface area contributed by atoms with Crippen LogP contribution in [-0.2, 0) is 0 Å². The third kappa shape index (κ3) is 2.47.